The summed E-state index contributed by atoms with van der Waals surface area (Å²) in [5.41, 5.74) is 3.91. The van der Waals surface area contributed by atoms with Gasteiger partial charge < -0.3 is 10.2 Å². The molecule has 2 heterocycles. The van der Waals surface area contributed by atoms with Crippen LogP contribution >= 0.6 is 0 Å². The molecule has 0 saturated carbocycles. The van der Waals surface area contributed by atoms with E-state index in [1.165, 1.54) is 0 Å². The summed E-state index contributed by atoms with van der Waals surface area (Å²) in [5, 5.41) is 12.3. The number of nitrogens with one attached hydrogen (secondary N) is 1. The summed E-state index contributed by atoms with van der Waals surface area (Å²) in [6.07, 6.45) is 1.82. The van der Waals surface area contributed by atoms with Crippen molar-refractivity contribution in [2.45, 2.75) is 6.54 Å². The zero-order valence-electron chi connectivity index (χ0n) is 10.5. The first-order valence-corrected chi connectivity index (χ1v) is 6.30. The van der Waals surface area contributed by atoms with Crippen LogP contribution in [0, 0.1) is 11.3 Å². The molecule has 19 heavy (non-hydrogen) atoms. The third-order valence-corrected chi connectivity index (χ3v) is 3.24. The van der Waals surface area contributed by atoms with Gasteiger partial charge in [0.1, 0.15) is 0 Å². The van der Waals surface area contributed by atoms with Gasteiger partial charge >= 0.3 is 0 Å². The smallest absolute Gasteiger partial charge is 0.0992 e. The lowest BCUT2D eigenvalue weighted by molar-refractivity contribution is 0.771. The maximum absolute atomic E-state index is 8.94. The summed E-state index contributed by atoms with van der Waals surface area (Å²) in [5.74, 6) is 0. The van der Waals surface area contributed by atoms with Crippen molar-refractivity contribution in [1.82, 2.24) is 4.98 Å². The van der Waals surface area contributed by atoms with E-state index in [1.807, 2.05) is 42.6 Å². The molecular formula is C15H14N4. The van der Waals surface area contributed by atoms with E-state index in [9.17, 15) is 0 Å². The largest absolute Gasteiger partial charge is 0.382 e. The molecule has 1 aromatic heterocycles. The molecule has 0 saturated heterocycles. The molecule has 0 amide bonds. The van der Waals surface area contributed by atoms with Gasteiger partial charge in [-0.3, -0.25) is 4.98 Å². The maximum atomic E-state index is 8.94. The molecule has 0 aliphatic carbocycles. The summed E-state index contributed by atoms with van der Waals surface area (Å²) < 4.78 is 0. The summed E-state index contributed by atoms with van der Waals surface area (Å²) >= 11 is 0. The molecule has 0 unspecified atom stereocenters. The summed E-state index contributed by atoms with van der Waals surface area (Å²) in [4.78, 5) is 6.65. The molecule has 0 radical (unpaired) electrons. The highest BCUT2D eigenvalue weighted by Gasteiger charge is 2.17. The molecule has 0 spiro atoms. The Labute approximate surface area is 112 Å². The predicted molar refractivity (Wildman–Crippen MR) is 74.9 cm³/mol. The van der Waals surface area contributed by atoms with Crippen molar-refractivity contribution < 1.29 is 0 Å². The van der Waals surface area contributed by atoms with Gasteiger partial charge in [-0.05, 0) is 30.3 Å². The summed E-state index contributed by atoms with van der Waals surface area (Å²) in [6.45, 7) is 2.62. The third kappa shape index (κ3) is 2.36. The molecule has 3 rings (SSSR count). The minimum absolute atomic E-state index is 0.686. The van der Waals surface area contributed by atoms with Crippen LogP contribution in [0.1, 0.15) is 11.3 Å². The quantitative estimate of drug-likeness (QED) is 0.889. The molecule has 1 aromatic carbocycles. The lowest BCUT2D eigenvalue weighted by Crippen LogP contribution is -2.33. The first-order valence-electron chi connectivity index (χ1n) is 6.30. The number of pyridine rings is 1. The van der Waals surface area contributed by atoms with Crippen molar-refractivity contribution in [2.75, 3.05) is 23.3 Å². The van der Waals surface area contributed by atoms with Gasteiger partial charge in [-0.2, -0.15) is 5.26 Å². The van der Waals surface area contributed by atoms with Crippen molar-refractivity contribution in [3.8, 4) is 6.07 Å². The molecule has 0 fully saturated rings. The standard InChI is InChI=1S/C15H14N4/c16-10-12-4-5-15-14(9-12)18-7-8-19(15)11-13-3-1-2-6-17-13/h1-6,9,18H,7-8,11H2. The van der Waals surface area contributed by atoms with Gasteiger partial charge in [-0.25, -0.2) is 0 Å². The lowest BCUT2D eigenvalue weighted by Gasteiger charge is -2.31. The van der Waals surface area contributed by atoms with Gasteiger partial charge in [0.15, 0.2) is 0 Å². The van der Waals surface area contributed by atoms with E-state index in [1.54, 1.807) is 0 Å². The van der Waals surface area contributed by atoms with Crippen molar-refractivity contribution >= 4 is 11.4 Å². The second kappa shape index (κ2) is 4.99. The Morgan fingerprint density at radius 2 is 2.26 bits per heavy atom. The number of aromatic nitrogens is 1. The van der Waals surface area contributed by atoms with Crippen LogP contribution in [0.5, 0.6) is 0 Å². The first kappa shape index (κ1) is 11.5. The van der Waals surface area contributed by atoms with Crippen LogP contribution in [0.3, 0.4) is 0 Å². The molecule has 0 atom stereocenters. The molecule has 1 N–H and O–H groups in total. The molecule has 4 nitrogen and oxygen atoms in total. The number of fused-ring (bicyclic) bond motifs is 1. The normalized spacial score (nSPS) is 13.3. The Morgan fingerprint density at radius 1 is 1.32 bits per heavy atom. The van der Waals surface area contributed by atoms with E-state index < -0.39 is 0 Å². The number of anilines is 2. The molecule has 1 aliphatic rings. The number of hydrogen-bond donors (Lipinski definition) is 1. The number of nitrogens with zero attached hydrogens (tertiary/aromatic N) is 3. The molecule has 4 heteroatoms. The molecule has 0 bridgehead atoms. The van der Waals surface area contributed by atoms with Crippen molar-refractivity contribution in [2.24, 2.45) is 0 Å². The van der Waals surface area contributed by atoms with Gasteiger partial charge in [-0.15, -0.1) is 0 Å². The van der Waals surface area contributed by atoms with Crippen LogP contribution in [-0.2, 0) is 6.54 Å². The Bertz CT molecular complexity index is 616. The number of hydrogen-bond acceptors (Lipinski definition) is 4. The van der Waals surface area contributed by atoms with Crippen LogP contribution < -0.4 is 10.2 Å². The maximum Gasteiger partial charge on any atom is 0.0992 e. The average Bonchev–Trinajstić information content (AvgIpc) is 2.48. The van der Waals surface area contributed by atoms with E-state index >= 15 is 0 Å². The van der Waals surface area contributed by atoms with E-state index in [0.29, 0.717) is 5.56 Å². The predicted octanol–water partition coefficient (Wildman–Crippen LogP) is 2.39. The van der Waals surface area contributed by atoms with Crippen LogP contribution in [-0.4, -0.2) is 18.1 Å². The Hall–Kier alpha value is -2.54. The molecule has 94 valence electrons. The van der Waals surface area contributed by atoms with E-state index in [2.05, 4.69) is 21.3 Å². The second-order valence-corrected chi connectivity index (χ2v) is 4.51. The summed E-state index contributed by atoms with van der Waals surface area (Å²) in [6, 6.07) is 13.9. The lowest BCUT2D eigenvalue weighted by atomic mass is 10.1. The topological polar surface area (TPSA) is 52.0 Å². The number of nitriles is 1. The minimum atomic E-state index is 0.686. The highest BCUT2D eigenvalue weighted by molar-refractivity contribution is 5.73. The van der Waals surface area contributed by atoms with Crippen molar-refractivity contribution in [3.05, 3.63) is 53.9 Å². The molecular weight excluding hydrogens is 236 g/mol. The SMILES string of the molecule is N#Cc1ccc2c(c1)NCCN2Cc1ccccn1. The Kier molecular flexibility index (Phi) is 3.03. The summed E-state index contributed by atoms with van der Waals surface area (Å²) in [7, 11) is 0. The van der Waals surface area contributed by atoms with Gasteiger partial charge in [-0.1, -0.05) is 6.07 Å². The van der Waals surface area contributed by atoms with Gasteiger partial charge in [0.05, 0.1) is 35.2 Å². The molecule has 2 aromatic rings. The minimum Gasteiger partial charge on any atom is -0.382 e. The zero-order chi connectivity index (χ0) is 13.1. The van der Waals surface area contributed by atoms with E-state index in [0.717, 1.165) is 36.7 Å². The number of rotatable bonds is 2. The third-order valence-electron chi connectivity index (χ3n) is 3.24. The first-order chi connectivity index (χ1) is 9.36. The van der Waals surface area contributed by atoms with Crippen LogP contribution in [0.15, 0.2) is 42.6 Å². The van der Waals surface area contributed by atoms with Gasteiger partial charge in [0, 0.05) is 19.3 Å². The zero-order valence-corrected chi connectivity index (χ0v) is 10.5. The van der Waals surface area contributed by atoms with E-state index in [4.69, 9.17) is 5.26 Å². The fraction of sp³-hybridized carbons (Fsp3) is 0.200. The fourth-order valence-electron chi connectivity index (χ4n) is 2.32. The fourth-order valence-corrected chi connectivity index (χ4v) is 2.32. The van der Waals surface area contributed by atoms with Crippen molar-refractivity contribution in [1.29, 1.82) is 5.26 Å². The Balaban J connectivity index is 1.89. The van der Waals surface area contributed by atoms with Crippen LogP contribution in [0.4, 0.5) is 11.4 Å². The van der Waals surface area contributed by atoms with Crippen LogP contribution in [0.25, 0.3) is 0 Å². The van der Waals surface area contributed by atoms with E-state index in [-0.39, 0.29) is 0 Å². The Morgan fingerprint density at radius 3 is 3.05 bits per heavy atom. The highest BCUT2D eigenvalue weighted by atomic mass is 15.2. The number of benzene rings is 1. The highest BCUT2D eigenvalue weighted by Crippen LogP contribution is 2.30. The average molecular weight is 250 g/mol. The van der Waals surface area contributed by atoms with Gasteiger partial charge in [0.2, 0.25) is 0 Å². The van der Waals surface area contributed by atoms with Crippen LogP contribution in [0.2, 0.25) is 0 Å². The monoisotopic (exact) mass is 250 g/mol. The van der Waals surface area contributed by atoms with Gasteiger partial charge in [0.25, 0.3) is 0 Å². The van der Waals surface area contributed by atoms with Crippen molar-refractivity contribution in [3.63, 3.8) is 0 Å². The second-order valence-electron chi connectivity index (χ2n) is 4.51. The molecule has 1 aliphatic heterocycles.